The third-order valence-corrected chi connectivity index (χ3v) is 5.26. The summed E-state index contributed by atoms with van der Waals surface area (Å²) in [7, 11) is 0. The van der Waals surface area contributed by atoms with Crippen molar-refractivity contribution in [1.82, 2.24) is 14.8 Å². The molecule has 160 valence electrons. The predicted octanol–water partition coefficient (Wildman–Crippen LogP) is 6.11. The van der Waals surface area contributed by atoms with Crippen LogP contribution in [0.4, 0.5) is 4.39 Å². The average Bonchev–Trinajstić information content (AvgIpc) is 3.30. The smallest absolute Gasteiger partial charge is 0.335 e. The number of nitrogens with zero attached hydrogens (tertiary/aromatic N) is 3. The van der Waals surface area contributed by atoms with Crippen LogP contribution in [-0.2, 0) is 0 Å². The number of benzene rings is 4. The highest BCUT2D eigenvalue weighted by molar-refractivity contribution is 5.89. The number of carboxylic acids is 1. The second kappa shape index (κ2) is 8.51. The van der Waals surface area contributed by atoms with E-state index in [-0.39, 0.29) is 11.4 Å². The van der Waals surface area contributed by atoms with Crippen LogP contribution in [0.2, 0.25) is 0 Å². The van der Waals surface area contributed by atoms with Gasteiger partial charge in [-0.1, -0.05) is 66.7 Å². The highest BCUT2D eigenvalue weighted by Gasteiger charge is 2.16. The average molecular weight is 435 g/mol. The minimum atomic E-state index is -0.976. The standard InChI is InChI=1S/C27H18FN3O2/c28-23-13-6-14-24(17-23)31-26(18-7-2-1-3-8-18)29-25(30-31)21-11-4-9-19(15-21)20-10-5-12-22(16-20)27(32)33/h1-17H,(H,32,33). The molecule has 0 amide bonds. The lowest BCUT2D eigenvalue weighted by Crippen LogP contribution is -2.00. The SMILES string of the molecule is O=C(O)c1cccc(-c2cccc(-c3nc(-c4ccccc4)n(-c4cccc(F)c4)n3)c2)c1. The predicted molar refractivity (Wildman–Crippen MR) is 125 cm³/mol. The molecule has 0 saturated carbocycles. The van der Waals surface area contributed by atoms with Gasteiger partial charge in [-0.3, -0.25) is 0 Å². The zero-order chi connectivity index (χ0) is 22.8. The summed E-state index contributed by atoms with van der Waals surface area (Å²) in [5, 5.41) is 14.0. The Bertz CT molecular complexity index is 1460. The van der Waals surface area contributed by atoms with Crippen LogP contribution >= 0.6 is 0 Å². The maximum absolute atomic E-state index is 13.9. The number of aromatic nitrogens is 3. The van der Waals surface area contributed by atoms with Crippen LogP contribution < -0.4 is 0 Å². The Labute approximate surface area is 189 Å². The molecule has 0 aliphatic rings. The van der Waals surface area contributed by atoms with Crippen molar-refractivity contribution < 1.29 is 14.3 Å². The zero-order valence-electron chi connectivity index (χ0n) is 17.4. The van der Waals surface area contributed by atoms with Gasteiger partial charge in [-0.15, -0.1) is 5.10 Å². The molecule has 0 aliphatic heterocycles. The van der Waals surface area contributed by atoms with Gasteiger partial charge in [0.1, 0.15) is 5.82 Å². The number of halogens is 1. The van der Waals surface area contributed by atoms with Crippen molar-refractivity contribution in [2.75, 3.05) is 0 Å². The van der Waals surface area contributed by atoms with E-state index in [9.17, 15) is 14.3 Å². The maximum Gasteiger partial charge on any atom is 0.335 e. The van der Waals surface area contributed by atoms with E-state index in [1.807, 2.05) is 60.7 Å². The molecule has 1 aromatic heterocycles. The second-order valence-corrected chi connectivity index (χ2v) is 7.48. The Kier molecular flexibility index (Phi) is 5.24. The quantitative estimate of drug-likeness (QED) is 0.362. The molecule has 0 unspecified atom stereocenters. The largest absolute Gasteiger partial charge is 0.478 e. The second-order valence-electron chi connectivity index (χ2n) is 7.48. The van der Waals surface area contributed by atoms with Gasteiger partial charge in [0.15, 0.2) is 11.6 Å². The molecule has 4 aromatic carbocycles. The lowest BCUT2D eigenvalue weighted by molar-refractivity contribution is 0.0697. The fourth-order valence-electron chi connectivity index (χ4n) is 3.67. The minimum absolute atomic E-state index is 0.220. The van der Waals surface area contributed by atoms with Crippen molar-refractivity contribution in [3.8, 4) is 39.6 Å². The van der Waals surface area contributed by atoms with E-state index in [1.54, 1.807) is 35.0 Å². The number of hydrogen-bond acceptors (Lipinski definition) is 3. The van der Waals surface area contributed by atoms with Gasteiger partial charge in [-0.25, -0.2) is 18.9 Å². The number of rotatable bonds is 5. The molecule has 0 saturated heterocycles. The van der Waals surface area contributed by atoms with E-state index in [2.05, 4.69) is 0 Å². The monoisotopic (exact) mass is 435 g/mol. The molecule has 0 bridgehead atoms. The van der Waals surface area contributed by atoms with Gasteiger partial charge in [0.05, 0.1) is 11.3 Å². The molecule has 5 nitrogen and oxygen atoms in total. The van der Waals surface area contributed by atoms with Gasteiger partial charge in [-0.05, 0) is 47.5 Å². The molecule has 5 rings (SSSR count). The van der Waals surface area contributed by atoms with Crippen LogP contribution in [0.5, 0.6) is 0 Å². The summed E-state index contributed by atoms with van der Waals surface area (Å²) in [5.74, 6) is -0.260. The number of carboxylic acid groups (broad SMARTS) is 1. The Morgan fingerprint density at radius 1 is 0.727 bits per heavy atom. The maximum atomic E-state index is 13.9. The van der Waals surface area contributed by atoms with Crippen LogP contribution in [0.25, 0.3) is 39.6 Å². The summed E-state index contributed by atoms with van der Waals surface area (Å²) in [6, 6.07) is 30.2. The van der Waals surface area contributed by atoms with Gasteiger partial charge >= 0.3 is 5.97 Å². The lowest BCUT2D eigenvalue weighted by atomic mass is 10.0. The molecule has 0 spiro atoms. The fraction of sp³-hybridized carbons (Fsp3) is 0. The summed E-state index contributed by atoms with van der Waals surface area (Å²) >= 11 is 0. The number of carbonyl (C=O) groups is 1. The molecule has 0 radical (unpaired) electrons. The van der Waals surface area contributed by atoms with Crippen molar-refractivity contribution in [2.45, 2.75) is 0 Å². The molecule has 1 N–H and O–H groups in total. The summed E-state index contributed by atoms with van der Waals surface area (Å²) in [5.41, 5.74) is 4.03. The third-order valence-electron chi connectivity index (χ3n) is 5.26. The van der Waals surface area contributed by atoms with Crippen LogP contribution in [0.3, 0.4) is 0 Å². The van der Waals surface area contributed by atoms with Crippen molar-refractivity contribution in [3.05, 3.63) is 115 Å². The van der Waals surface area contributed by atoms with Gasteiger partial charge in [-0.2, -0.15) is 0 Å². The van der Waals surface area contributed by atoms with Gasteiger partial charge in [0.2, 0.25) is 0 Å². The fourth-order valence-corrected chi connectivity index (χ4v) is 3.67. The third kappa shape index (κ3) is 4.14. The van der Waals surface area contributed by atoms with Crippen molar-refractivity contribution in [3.63, 3.8) is 0 Å². The summed E-state index contributed by atoms with van der Waals surface area (Å²) in [4.78, 5) is 16.1. The Hall–Kier alpha value is -4.58. The van der Waals surface area contributed by atoms with E-state index in [1.165, 1.54) is 12.1 Å². The number of aromatic carboxylic acids is 1. The van der Waals surface area contributed by atoms with Gasteiger partial charge in [0.25, 0.3) is 0 Å². The minimum Gasteiger partial charge on any atom is -0.478 e. The zero-order valence-corrected chi connectivity index (χ0v) is 17.4. The molecule has 0 fully saturated rings. The van der Waals surface area contributed by atoms with E-state index in [0.717, 1.165) is 22.3 Å². The topological polar surface area (TPSA) is 68.0 Å². The highest BCUT2D eigenvalue weighted by atomic mass is 19.1. The molecule has 33 heavy (non-hydrogen) atoms. The summed E-state index contributed by atoms with van der Waals surface area (Å²) < 4.78 is 15.6. The van der Waals surface area contributed by atoms with Crippen LogP contribution in [-0.4, -0.2) is 25.8 Å². The van der Waals surface area contributed by atoms with Gasteiger partial charge < -0.3 is 5.11 Å². The van der Waals surface area contributed by atoms with Crippen LogP contribution in [0.15, 0.2) is 103 Å². The first-order valence-corrected chi connectivity index (χ1v) is 10.3. The first kappa shape index (κ1) is 20.3. The normalized spacial score (nSPS) is 10.8. The van der Waals surface area contributed by atoms with E-state index in [4.69, 9.17) is 10.1 Å². The molecule has 6 heteroatoms. The van der Waals surface area contributed by atoms with Crippen LogP contribution in [0.1, 0.15) is 10.4 Å². The molecular formula is C27H18FN3O2. The van der Waals surface area contributed by atoms with Crippen molar-refractivity contribution >= 4 is 5.97 Å². The summed E-state index contributed by atoms with van der Waals surface area (Å²) in [6.45, 7) is 0. The van der Waals surface area contributed by atoms with E-state index in [0.29, 0.717) is 17.3 Å². The first-order chi connectivity index (χ1) is 16.1. The molecule has 0 atom stereocenters. The molecule has 1 heterocycles. The first-order valence-electron chi connectivity index (χ1n) is 10.3. The van der Waals surface area contributed by atoms with Gasteiger partial charge in [0, 0.05) is 11.1 Å². The lowest BCUT2D eigenvalue weighted by Gasteiger charge is -2.06. The van der Waals surface area contributed by atoms with E-state index < -0.39 is 5.97 Å². The molecule has 0 aliphatic carbocycles. The number of hydrogen-bond donors (Lipinski definition) is 1. The summed E-state index contributed by atoms with van der Waals surface area (Å²) in [6.07, 6.45) is 0. The highest BCUT2D eigenvalue weighted by Crippen LogP contribution is 2.29. The molecule has 5 aromatic rings. The molecular weight excluding hydrogens is 417 g/mol. The van der Waals surface area contributed by atoms with E-state index >= 15 is 0 Å². The Morgan fingerprint density at radius 3 is 2.15 bits per heavy atom. The van der Waals surface area contributed by atoms with Crippen molar-refractivity contribution in [1.29, 1.82) is 0 Å². The van der Waals surface area contributed by atoms with Crippen LogP contribution in [0, 0.1) is 5.82 Å². The van der Waals surface area contributed by atoms with Crippen molar-refractivity contribution in [2.24, 2.45) is 0 Å². The Morgan fingerprint density at radius 2 is 1.39 bits per heavy atom. The Balaban J connectivity index is 1.63.